The Labute approximate surface area is 99.7 Å². The Balaban J connectivity index is 2.67. The normalized spacial score (nSPS) is 12.8. The van der Waals surface area contributed by atoms with Crippen molar-refractivity contribution in [1.29, 1.82) is 0 Å². The molecule has 1 rings (SSSR count). The van der Waals surface area contributed by atoms with E-state index in [1.54, 1.807) is 19.2 Å². The highest BCUT2D eigenvalue weighted by atomic mass is 35.5. The van der Waals surface area contributed by atoms with Gasteiger partial charge in [0.05, 0.1) is 11.6 Å². The van der Waals surface area contributed by atoms with E-state index in [-0.39, 0.29) is 11.1 Å². The SMILES string of the molecule is COCCNC(CN)c1ccc(F)c(Cl)c1. The summed E-state index contributed by atoms with van der Waals surface area (Å²) in [5.41, 5.74) is 6.51. The van der Waals surface area contributed by atoms with E-state index in [4.69, 9.17) is 22.1 Å². The van der Waals surface area contributed by atoms with E-state index < -0.39 is 5.82 Å². The number of nitrogens with one attached hydrogen (secondary N) is 1. The minimum absolute atomic E-state index is 0.0340. The molecule has 3 N–H and O–H groups in total. The lowest BCUT2D eigenvalue weighted by Crippen LogP contribution is -2.30. The zero-order chi connectivity index (χ0) is 12.0. The van der Waals surface area contributed by atoms with Crippen LogP contribution in [-0.2, 0) is 4.74 Å². The highest BCUT2D eigenvalue weighted by molar-refractivity contribution is 6.30. The van der Waals surface area contributed by atoms with Crippen LogP contribution in [0.1, 0.15) is 11.6 Å². The lowest BCUT2D eigenvalue weighted by atomic mass is 10.1. The number of hydrogen-bond acceptors (Lipinski definition) is 3. The standard InChI is InChI=1S/C11H16ClFN2O/c1-16-5-4-15-11(7-14)8-2-3-10(13)9(12)6-8/h2-3,6,11,15H,4-5,7,14H2,1H3. The predicted molar refractivity (Wildman–Crippen MR) is 63.1 cm³/mol. The number of methoxy groups -OCH3 is 1. The van der Waals surface area contributed by atoms with Crippen molar-refractivity contribution in [1.82, 2.24) is 5.32 Å². The molecule has 90 valence electrons. The molecule has 0 heterocycles. The van der Waals surface area contributed by atoms with Crippen molar-refractivity contribution in [3.8, 4) is 0 Å². The van der Waals surface area contributed by atoms with Crippen LogP contribution in [0.2, 0.25) is 5.02 Å². The van der Waals surface area contributed by atoms with Gasteiger partial charge in [-0.25, -0.2) is 4.39 Å². The van der Waals surface area contributed by atoms with Crippen molar-refractivity contribution >= 4 is 11.6 Å². The van der Waals surface area contributed by atoms with E-state index in [9.17, 15) is 4.39 Å². The molecule has 3 nitrogen and oxygen atoms in total. The molecule has 0 aliphatic carbocycles. The van der Waals surface area contributed by atoms with Gasteiger partial charge in [0.25, 0.3) is 0 Å². The Bertz CT molecular complexity index is 336. The molecule has 0 saturated heterocycles. The van der Waals surface area contributed by atoms with E-state index in [0.29, 0.717) is 19.7 Å². The van der Waals surface area contributed by atoms with Gasteiger partial charge in [-0.05, 0) is 17.7 Å². The molecule has 0 aliphatic heterocycles. The summed E-state index contributed by atoms with van der Waals surface area (Å²) in [4.78, 5) is 0. The molecule has 0 fully saturated rings. The van der Waals surface area contributed by atoms with E-state index in [1.165, 1.54) is 6.07 Å². The van der Waals surface area contributed by atoms with E-state index in [1.807, 2.05) is 0 Å². The number of ether oxygens (including phenoxy) is 1. The van der Waals surface area contributed by atoms with Crippen molar-refractivity contribution in [2.24, 2.45) is 5.73 Å². The fraction of sp³-hybridized carbons (Fsp3) is 0.455. The quantitative estimate of drug-likeness (QED) is 0.752. The second-order valence-corrected chi connectivity index (χ2v) is 3.82. The Hall–Kier alpha value is -0.680. The molecule has 1 aromatic rings. The molecule has 1 aromatic carbocycles. The first-order valence-electron chi connectivity index (χ1n) is 5.06. The van der Waals surface area contributed by atoms with Crippen LogP contribution in [0.5, 0.6) is 0 Å². The molecule has 0 aromatic heterocycles. The van der Waals surface area contributed by atoms with Gasteiger partial charge < -0.3 is 15.8 Å². The fourth-order valence-electron chi connectivity index (χ4n) is 1.40. The molecular weight excluding hydrogens is 231 g/mol. The largest absolute Gasteiger partial charge is 0.383 e. The first kappa shape index (κ1) is 13.4. The van der Waals surface area contributed by atoms with Gasteiger partial charge in [-0.15, -0.1) is 0 Å². The summed E-state index contributed by atoms with van der Waals surface area (Å²) >= 11 is 5.71. The minimum atomic E-state index is -0.418. The van der Waals surface area contributed by atoms with Gasteiger partial charge in [0.15, 0.2) is 0 Å². The van der Waals surface area contributed by atoms with Crippen LogP contribution in [0.3, 0.4) is 0 Å². The molecule has 0 spiro atoms. The van der Waals surface area contributed by atoms with Crippen LogP contribution in [0.15, 0.2) is 18.2 Å². The Morgan fingerprint density at radius 2 is 2.31 bits per heavy atom. The summed E-state index contributed by atoms with van der Waals surface area (Å²) in [6.45, 7) is 1.71. The summed E-state index contributed by atoms with van der Waals surface area (Å²) in [6, 6.07) is 4.58. The molecule has 0 amide bonds. The first-order chi connectivity index (χ1) is 7.69. The Morgan fingerprint density at radius 3 is 2.88 bits per heavy atom. The highest BCUT2D eigenvalue weighted by Gasteiger charge is 2.10. The maximum absolute atomic E-state index is 13.0. The third kappa shape index (κ3) is 3.72. The van der Waals surface area contributed by atoms with Crippen LogP contribution in [0, 0.1) is 5.82 Å². The van der Waals surface area contributed by atoms with Crippen LogP contribution < -0.4 is 11.1 Å². The minimum Gasteiger partial charge on any atom is -0.383 e. The maximum Gasteiger partial charge on any atom is 0.141 e. The summed E-state index contributed by atoms with van der Waals surface area (Å²) < 4.78 is 17.9. The zero-order valence-electron chi connectivity index (χ0n) is 9.17. The molecule has 16 heavy (non-hydrogen) atoms. The van der Waals surface area contributed by atoms with E-state index in [0.717, 1.165) is 5.56 Å². The zero-order valence-corrected chi connectivity index (χ0v) is 9.93. The predicted octanol–water partition coefficient (Wildman–Crippen LogP) is 1.71. The number of nitrogens with two attached hydrogens (primary N) is 1. The number of rotatable bonds is 6. The topological polar surface area (TPSA) is 47.3 Å². The third-order valence-electron chi connectivity index (χ3n) is 2.28. The second kappa shape index (κ2) is 6.81. The molecule has 0 saturated carbocycles. The molecule has 0 aliphatic rings. The van der Waals surface area contributed by atoms with E-state index in [2.05, 4.69) is 5.32 Å². The van der Waals surface area contributed by atoms with Crippen LogP contribution in [0.25, 0.3) is 0 Å². The van der Waals surface area contributed by atoms with Gasteiger partial charge >= 0.3 is 0 Å². The summed E-state index contributed by atoms with van der Waals surface area (Å²) in [5, 5.41) is 3.32. The summed E-state index contributed by atoms with van der Waals surface area (Å²) in [7, 11) is 1.63. The molecular formula is C11H16ClFN2O. The van der Waals surface area contributed by atoms with E-state index >= 15 is 0 Å². The number of halogens is 2. The van der Waals surface area contributed by atoms with Crippen molar-refractivity contribution in [2.75, 3.05) is 26.8 Å². The smallest absolute Gasteiger partial charge is 0.141 e. The first-order valence-corrected chi connectivity index (χ1v) is 5.44. The average Bonchev–Trinajstić information content (AvgIpc) is 2.29. The monoisotopic (exact) mass is 246 g/mol. The number of hydrogen-bond donors (Lipinski definition) is 2. The Morgan fingerprint density at radius 1 is 1.56 bits per heavy atom. The van der Waals surface area contributed by atoms with Crippen molar-refractivity contribution < 1.29 is 9.13 Å². The van der Waals surface area contributed by atoms with Gasteiger partial charge in [0.1, 0.15) is 5.82 Å². The van der Waals surface area contributed by atoms with Crippen LogP contribution in [-0.4, -0.2) is 26.8 Å². The maximum atomic E-state index is 13.0. The third-order valence-corrected chi connectivity index (χ3v) is 2.57. The summed E-state index contributed by atoms with van der Waals surface area (Å²) in [6.07, 6.45) is 0. The lowest BCUT2D eigenvalue weighted by molar-refractivity contribution is 0.196. The van der Waals surface area contributed by atoms with Crippen molar-refractivity contribution in [2.45, 2.75) is 6.04 Å². The second-order valence-electron chi connectivity index (χ2n) is 3.41. The molecule has 1 atom stereocenters. The van der Waals surface area contributed by atoms with Crippen molar-refractivity contribution in [3.63, 3.8) is 0 Å². The molecule has 0 radical (unpaired) electrons. The Kier molecular flexibility index (Phi) is 5.69. The average molecular weight is 247 g/mol. The van der Waals surface area contributed by atoms with Gasteiger partial charge in [-0.3, -0.25) is 0 Å². The molecule has 1 unspecified atom stereocenters. The molecule has 0 bridgehead atoms. The van der Waals surface area contributed by atoms with Crippen LogP contribution in [0.4, 0.5) is 4.39 Å². The van der Waals surface area contributed by atoms with Gasteiger partial charge in [-0.1, -0.05) is 17.7 Å². The molecule has 5 heteroatoms. The van der Waals surface area contributed by atoms with Crippen LogP contribution >= 0.6 is 11.6 Å². The number of benzene rings is 1. The van der Waals surface area contributed by atoms with Gasteiger partial charge in [0.2, 0.25) is 0 Å². The lowest BCUT2D eigenvalue weighted by Gasteiger charge is -2.17. The fourth-order valence-corrected chi connectivity index (χ4v) is 1.59. The van der Waals surface area contributed by atoms with Gasteiger partial charge in [0, 0.05) is 26.2 Å². The highest BCUT2D eigenvalue weighted by Crippen LogP contribution is 2.20. The summed E-state index contributed by atoms with van der Waals surface area (Å²) in [5.74, 6) is -0.418. The van der Waals surface area contributed by atoms with Gasteiger partial charge in [-0.2, -0.15) is 0 Å². The van der Waals surface area contributed by atoms with Crippen molar-refractivity contribution in [3.05, 3.63) is 34.6 Å².